The van der Waals surface area contributed by atoms with Gasteiger partial charge in [0.05, 0.1) is 17.6 Å². The van der Waals surface area contributed by atoms with Crippen LogP contribution in [0.25, 0.3) is 0 Å². The van der Waals surface area contributed by atoms with Crippen LogP contribution < -0.4 is 15.8 Å². The quantitative estimate of drug-likeness (QED) is 0.534. The summed E-state index contributed by atoms with van der Waals surface area (Å²) in [5.74, 6) is -0.707. The zero-order valence-corrected chi connectivity index (χ0v) is 18.3. The smallest absolute Gasteiger partial charge is 0.341 e. The third kappa shape index (κ3) is 4.61. The van der Waals surface area contributed by atoms with Crippen molar-refractivity contribution in [2.45, 2.75) is 27.4 Å². The van der Waals surface area contributed by atoms with Gasteiger partial charge in [-0.15, -0.1) is 11.3 Å². The maximum absolute atomic E-state index is 12.7. The van der Waals surface area contributed by atoms with Gasteiger partial charge in [0.15, 0.2) is 5.76 Å². The first-order valence-electron chi connectivity index (χ1n) is 9.33. The minimum absolute atomic E-state index is 0.0302. The zero-order valence-electron chi connectivity index (χ0n) is 17.5. The first-order chi connectivity index (χ1) is 14.7. The maximum atomic E-state index is 12.7. The molecule has 3 N–H and O–H groups in total. The number of nitrogens with two attached hydrogens (primary N) is 1. The van der Waals surface area contributed by atoms with Crippen molar-refractivity contribution >= 4 is 34.1 Å². The number of furan rings is 1. The lowest BCUT2D eigenvalue weighted by Crippen LogP contribution is -2.14. The van der Waals surface area contributed by atoms with Crippen LogP contribution in [-0.4, -0.2) is 24.9 Å². The number of hydrogen-bond donors (Lipinski definition) is 2. The summed E-state index contributed by atoms with van der Waals surface area (Å²) in [5.41, 5.74) is 7.79. The maximum Gasteiger partial charge on any atom is 0.341 e. The third-order valence-corrected chi connectivity index (χ3v) is 5.86. The van der Waals surface area contributed by atoms with E-state index >= 15 is 0 Å². The number of aryl methyl sites for hydroxylation is 2. The predicted molar refractivity (Wildman–Crippen MR) is 116 cm³/mol. The van der Waals surface area contributed by atoms with Crippen molar-refractivity contribution in [2.24, 2.45) is 5.73 Å². The Kier molecular flexibility index (Phi) is 6.45. The van der Waals surface area contributed by atoms with Gasteiger partial charge in [-0.25, -0.2) is 4.79 Å². The standard InChI is InChI=1S/C22H22N2O6S/c1-11-6-5-7-12(2)17(11)29-10-14-8-9-15(30-14)20(26)24-21-16(22(27)28-4)13(3)18(31-21)19(23)25/h5-9H,10H2,1-4H3,(H2,23,25)(H,24,26). The number of anilines is 1. The number of esters is 1. The molecular formula is C22H22N2O6S. The van der Waals surface area contributed by atoms with E-state index < -0.39 is 17.8 Å². The largest absolute Gasteiger partial charge is 0.485 e. The van der Waals surface area contributed by atoms with Crippen molar-refractivity contribution in [3.8, 4) is 5.75 Å². The lowest BCUT2D eigenvalue weighted by Gasteiger charge is -2.10. The number of carbonyl (C=O) groups excluding carboxylic acids is 3. The first-order valence-corrected chi connectivity index (χ1v) is 10.1. The molecule has 0 unspecified atom stereocenters. The molecule has 0 radical (unpaired) electrons. The SMILES string of the molecule is COC(=O)c1c(NC(=O)c2ccc(COc3c(C)cccc3C)o2)sc(C(N)=O)c1C. The highest BCUT2D eigenvalue weighted by Crippen LogP contribution is 2.34. The van der Waals surface area contributed by atoms with E-state index in [0.29, 0.717) is 11.3 Å². The number of methoxy groups -OCH3 is 1. The monoisotopic (exact) mass is 442 g/mol. The molecule has 3 rings (SSSR count). The molecule has 3 aromatic rings. The Morgan fingerprint density at radius 3 is 2.39 bits per heavy atom. The molecule has 162 valence electrons. The van der Waals surface area contributed by atoms with Crippen LogP contribution in [0.4, 0.5) is 5.00 Å². The number of ether oxygens (including phenoxy) is 2. The van der Waals surface area contributed by atoms with Gasteiger partial charge < -0.3 is 24.9 Å². The van der Waals surface area contributed by atoms with Crippen molar-refractivity contribution in [1.29, 1.82) is 0 Å². The van der Waals surface area contributed by atoms with Crippen molar-refractivity contribution in [3.05, 3.63) is 69.0 Å². The van der Waals surface area contributed by atoms with Gasteiger partial charge >= 0.3 is 5.97 Å². The highest BCUT2D eigenvalue weighted by Gasteiger charge is 2.26. The van der Waals surface area contributed by atoms with Crippen LogP contribution in [0.15, 0.2) is 34.7 Å². The van der Waals surface area contributed by atoms with E-state index in [1.165, 1.54) is 13.2 Å². The Morgan fingerprint density at radius 2 is 1.77 bits per heavy atom. The molecule has 0 saturated heterocycles. The minimum Gasteiger partial charge on any atom is -0.485 e. The molecule has 0 atom stereocenters. The molecule has 9 heteroatoms. The number of amides is 2. The fourth-order valence-electron chi connectivity index (χ4n) is 3.10. The van der Waals surface area contributed by atoms with Gasteiger partial charge in [-0.05, 0) is 49.6 Å². The highest BCUT2D eigenvalue weighted by atomic mass is 32.1. The third-order valence-electron chi connectivity index (χ3n) is 4.64. The summed E-state index contributed by atoms with van der Waals surface area (Å²) in [7, 11) is 1.21. The number of para-hydroxylation sites is 1. The molecule has 0 fully saturated rings. The molecule has 1 aromatic carbocycles. The zero-order chi connectivity index (χ0) is 22.7. The molecule has 0 spiro atoms. The summed E-state index contributed by atoms with van der Waals surface area (Å²) in [6.45, 7) is 5.61. The van der Waals surface area contributed by atoms with E-state index in [9.17, 15) is 14.4 Å². The van der Waals surface area contributed by atoms with Crippen LogP contribution in [0.3, 0.4) is 0 Å². The van der Waals surface area contributed by atoms with Crippen LogP contribution in [-0.2, 0) is 11.3 Å². The molecular weight excluding hydrogens is 420 g/mol. The summed E-state index contributed by atoms with van der Waals surface area (Å²) < 4.78 is 16.2. The Balaban J connectivity index is 1.77. The summed E-state index contributed by atoms with van der Waals surface area (Å²) in [5, 5.41) is 2.76. The van der Waals surface area contributed by atoms with E-state index in [4.69, 9.17) is 19.6 Å². The van der Waals surface area contributed by atoms with E-state index in [1.807, 2.05) is 32.0 Å². The number of benzene rings is 1. The topological polar surface area (TPSA) is 121 Å². The molecule has 0 aliphatic carbocycles. The molecule has 31 heavy (non-hydrogen) atoms. The van der Waals surface area contributed by atoms with Crippen LogP contribution in [0.5, 0.6) is 5.75 Å². The summed E-state index contributed by atoms with van der Waals surface area (Å²) in [6.07, 6.45) is 0. The van der Waals surface area contributed by atoms with Crippen molar-refractivity contribution < 1.29 is 28.3 Å². The van der Waals surface area contributed by atoms with Crippen LogP contribution in [0.2, 0.25) is 0 Å². The minimum atomic E-state index is -0.697. The van der Waals surface area contributed by atoms with Crippen LogP contribution >= 0.6 is 11.3 Å². The molecule has 2 heterocycles. The van der Waals surface area contributed by atoms with E-state index in [0.717, 1.165) is 28.2 Å². The molecule has 8 nitrogen and oxygen atoms in total. The van der Waals surface area contributed by atoms with Crippen molar-refractivity contribution in [2.75, 3.05) is 12.4 Å². The summed E-state index contributed by atoms with van der Waals surface area (Å²) >= 11 is 0.905. The first kappa shape index (κ1) is 22.1. The van der Waals surface area contributed by atoms with Crippen LogP contribution in [0.1, 0.15) is 53.0 Å². The van der Waals surface area contributed by atoms with Gasteiger partial charge in [-0.3, -0.25) is 9.59 Å². The Hall–Kier alpha value is -3.59. The Morgan fingerprint density at radius 1 is 1.10 bits per heavy atom. The Bertz CT molecular complexity index is 1140. The predicted octanol–water partition coefficient (Wildman–Crippen LogP) is 3.98. The van der Waals surface area contributed by atoms with E-state index in [-0.39, 0.29) is 27.8 Å². The lowest BCUT2D eigenvalue weighted by molar-refractivity contribution is 0.0601. The van der Waals surface area contributed by atoms with Gasteiger partial charge in [0.2, 0.25) is 0 Å². The highest BCUT2D eigenvalue weighted by molar-refractivity contribution is 7.18. The van der Waals surface area contributed by atoms with Gasteiger partial charge in [0.25, 0.3) is 11.8 Å². The van der Waals surface area contributed by atoms with Crippen molar-refractivity contribution in [3.63, 3.8) is 0 Å². The van der Waals surface area contributed by atoms with Crippen molar-refractivity contribution in [1.82, 2.24) is 0 Å². The fourth-order valence-corrected chi connectivity index (χ4v) is 4.14. The molecule has 0 saturated carbocycles. The number of nitrogens with one attached hydrogen (secondary N) is 1. The second kappa shape index (κ2) is 9.05. The van der Waals surface area contributed by atoms with Gasteiger partial charge in [-0.2, -0.15) is 0 Å². The average Bonchev–Trinajstić information content (AvgIpc) is 3.32. The lowest BCUT2D eigenvalue weighted by atomic mass is 10.1. The second-order valence-electron chi connectivity index (χ2n) is 6.85. The molecule has 0 aliphatic rings. The Labute approximate surface area is 183 Å². The normalized spacial score (nSPS) is 10.6. The molecule has 2 aromatic heterocycles. The van der Waals surface area contributed by atoms with Crippen LogP contribution in [0, 0.1) is 20.8 Å². The fraction of sp³-hybridized carbons (Fsp3) is 0.227. The second-order valence-corrected chi connectivity index (χ2v) is 7.87. The summed E-state index contributed by atoms with van der Waals surface area (Å²) in [4.78, 5) is 36.6. The molecule has 0 bridgehead atoms. The summed E-state index contributed by atoms with van der Waals surface area (Å²) in [6, 6.07) is 8.99. The number of hydrogen-bond acceptors (Lipinski definition) is 7. The van der Waals surface area contributed by atoms with Gasteiger partial charge in [-0.1, -0.05) is 18.2 Å². The molecule has 2 amide bonds. The number of rotatable bonds is 7. The number of primary amides is 1. The number of carbonyl (C=O) groups is 3. The average molecular weight is 442 g/mol. The van der Waals surface area contributed by atoms with Gasteiger partial charge in [0.1, 0.15) is 23.1 Å². The van der Waals surface area contributed by atoms with E-state index in [1.54, 1.807) is 13.0 Å². The molecule has 0 aliphatic heterocycles. The number of thiophene rings is 1. The van der Waals surface area contributed by atoms with Gasteiger partial charge in [0, 0.05) is 0 Å². The van der Waals surface area contributed by atoms with E-state index in [2.05, 4.69) is 5.32 Å².